The van der Waals surface area contributed by atoms with Crippen molar-refractivity contribution < 1.29 is 0 Å². The first-order chi connectivity index (χ1) is 11.8. The third kappa shape index (κ3) is 1.80. The van der Waals surface area contributed by atoms with Crippen LogP contribution in [0.4, 0.5) is 0 Å². The third-order valence-corrected chi connectivity index (χ3v) is 4.99. The van der Waals surface area contributed by atoms with Gasteiger partial charge in [-0.2, -0.15) is 0 Å². The largest absolute Gasteiger partial charge is 0.0985 e. The van der Waals surface area contributed by atoms with Gasteiger partial charge >= 0.3 is 0 Å². The molecular formula is C24H16. The normalized spacial score (nSPS) is 11.5. The minimum atomic E-state index is 1.15. The average Bonchev–Trinajstić information content (AvgIpc) is 2.66. The number of hydrogen-bond donors (Lipinski definition) is 0. The predicted molar refractivity (Wildman–Crippen MR) is 106 cm³/mol. The van der Waals surface area contributed by atoms with Gasteiger partial charge in [-0.3, -0.25) is 0 Å². The van der Waals surface area contributed by atoms with Crippen LogP contribution in [0.25, 0.3) is 49.5 Å². The molecule has 0 N–H and O–H groups in total. The molecule has 0 heterocycles. The van der Waals surface area contributed by atoms with Crippen molar-refractivity contribution in [2.75, 3.05) is 0 Å². The SMILES string of the molecule is C=Cc1ccc(-c2ccc3ccc4cccc5ccc2c3c45)cc1. The zero-order valence-corrected chi connectivity index (χ0v) is 13.3. The van der Waals surface area contributed by atoms with Crippen LogP contribution >= 0.6 is 0 Å². The second kappa shape index (κ2) is 4.94. The summed E-state index contributed by atoms with van der Waals surface area (Å²) in [6.07, 6.45) is 1.88. The molecule has 0 radical (unpaired) electrons. The van der Waals surface area contributed by atoms with Crippen LogP contribution in [0.5, 0.6) is 0 Å². The molecule has 0 aliphatic heterocycles. The van der Waals surface area contributed by atoms with E-state index >= 15 is 0 Å². The van der Waals surface area contributed by atoms with Crippen LogP contribution in [0.2, 0.25) is 0 Å². The van der Waals surface area contributed by atoms with E-state index in [0.29, 0.717) is 0 Å². The van der Waals surface area contributed by atoms with Crippen LogP contribution in [0, 0.1) is 0 Å². The molecule has 0 aromatic heterocycles. The van der Waals surface area contributed by atoms with Crippen molar-refractivity contribution in [2.24, 2.45) is 0 Å². The second-order valence-electron chi connectivity index (χ2n) is 6.30. The Balaban J connectivity index is 1.91. The Morgan fingerprint density at radius 2 is 1.21 bits per heavy atom. The Morgan fingerprint density at radius 3 is 1.92 bits per heavy atom. The maximum absolute atomic E-state index is 3.84. The molecule has 5 aromatic carbocycles. The van der Waals surface area contributed by atoms with Gasteiger partial charge in [-0.05, 0) is 49.0 Å². The molecule has 0 unspecified atom stereocenters. The topological polar surface area (TPSA) is 0 Å². The summed E-state index contributed by atoms with van der Waals surface area (Å²) in [5.41, 5.74) is 3.69. The standard InChI is InChI=1S/C24H16/c1-2-16-6-8-17(9-7-16)21-14-12-20-11-10-18-4-3-5-19-13-15-22(21)24(20)23(18)19/h2-15H,1H2. The van der Waals surface area contributed by atoms with Crippen LogP contribution in [0.15, 0.2) is 85.4 Å². The fraction of sp³-hybridized carbons (Fsp3) is 0. The fourth-order valence-corrected chi connectivity index (χ4v) is 3.79. The molecule has 5 rings (SSSR count). The van der Waals surface area contributed by atoms with Gasteiger partial charge in [0.15, 0.2) is 0 Å². The molecule has 0 heteroatoms. The van der Waals surface area contributed by atoms with Crippen molar-refractivity contribution in [1.29, 1.82) is 0 Å². The lowest BCUT2D eigenvalue weighted by Crippen LogP contribution is -1.87. The third-order valence-electron chi connectivity index (χ3n) is 4.99. The molecule has 0 bridgehead atoms. The van der Waals surface area contributed by atoms with Gasteiger partial charge in [0.2, 0.25) is 0 Å². The van der Waals surface area contributed by atoms with E-state index in [2.05, 4.69) is 85.4 Å². The van der Waals surface area contributed by atoms with Gasteiger partial charge in [-0.1, -0.05) is 91.5 Å². The molecule has 0 atom stereocenters. The summed E-state index contributed by atoms with van der Waals surface area (Å²) in [5.74, 6) is 0. The molecule has 0 nitrogen and oxygen atoms in total. The van der Waals surface area contributed by atoms with Crippen molar-refractivity contribution in [2.45, 2.75) is 0 Å². The molecule has 0 spiro atoms. The predicted octanol–water partition coefficient (Wildman–Crippen LogP) is 6.89. The highest BCUT2D eigenvalue weighted by Crippen LogP contribution is 2.39. The van der Waals surface area contributed by atoms with Crippen LogP contribution < -0.4 is 0 Å². The van der Waals surface area contributed by atoms with Crippen LogP contribution in [0.3, 0.4) is 0 Å². The van der Waals surface area contributed by atoms with Crippen LogP contribution in [0.1, 0.15) is 5.56 Å². The van der Waals surface area contributed by atoms with E-state index in [0.717, 1.165) is 5.56 Å². The van der Waals surface area contributed by atoms with Gasteiger partial charge in [0.25, 0.3) is 0 Å². The van der Waals surface area contributed by atoms with Gasteiger partial charge in [-0.25, -0.2) is 0 Å². The summed E-state index contributed by atoms with van der Waals surface area (Å²) < 4.78 is 0. The first-order valence-corrected chi connectivity index (χ1v) is 8.24. The van der Waals surface area contributed by atoms with Gasteiger partial charge in [0, 0.05) is 0 Å². The Bertz CT molecular complexity index is 1180. The van der Waals surface area contributed by atoms with Crippen molar-refractivity contribution >= 4 is 38.4 Å². The Kier molecular flexibility index (Phi) is 2.74. The lowest BCUT2D eigenvalue weighted by atomic mass is 9.90. The first-order valence-electron chi connectivity index (χ1n) is 8.24. The highest BCUT2D eigenvalue weighted by atomic mass is 14.1. The monoisotopic (exact) mass is 304 g/mol. The summed E-state index contributed by atoms with van der Waals surface area (Å²) in [6.45, 7) is 3.84. The molecule has 112 valence electrons. The van der Waals surface area contributed by atoms with Gasteiger partial charge in [0.1, 0.15) is 0 Å². The molecule has 0 amide bonds. The molecule has 0 fully saturated rings. The molecule has 0 saturated heterocycles. The minimum absolute atomic E-state index is 1.15. The average molecular weight is 304 g/mol. The summed E-state index contributed by atoms with van der Waals surface area (Å²) in [7, 11) is 0. The minimum Gasteiger partial charge on any atom is -0.0985 e. The van der Waals surface area contributed by atoms with E-state index in [1.165, 1.54) is 43.4 Å². The lowest BCUT2D eigenvalue weighted by molar-refractivity contribution is 1.63. The molecule has 24 heavy (non-hydrogen) atoms. The molecular weight excluding hydrogens is 288 g/mol. The smallest absolute Gasteiger partial charge is 0.00206 e. The zero-order valence-electron chi connectivity index (χ0n) is 13.3. The molecule has 0 saturated carbocycles. The highest BCUT2D eigenvalue weighted by Gasteiger charge is 2.11. The zero-order chi connectivity index (χ0) is 16.1. The fourth-order valence-electron chi connectivity index (χ4n) is 3.79. The number of rotatable bonds is 2. The lowest BCUT2D eigenvalue weighted by Gasteiger charge is -2.14. The number of benzene rings is 5. The summed E-state index contributed by atoms with van der Waals surface area (Å²) in [6, 6.07) is 28.6. The summed E-state index contributed by atoms with van der Waals surface area (Å²) >= 11 is 0. The quantitative estimate of drug-likeness (QED) is 0.311. The van der Waals surface area contributed by atoms with Crippen molar-refractivity contribution in [3.05, 3.63) is 91.0 Å². The number of hydrogen-bond acceptors (Lipinski definition) is 0. The van der Waals surface area contributed by atoms with E-state index in [-0.39, 0.29) is 0 Å². The van der Waals surface area contributed by atoms with E-state index in [1.54, 1.807) is 0 Å². The van der Waals surface area contributed by atoms with E-state index < -0.39 is 0 Å². The molecule has 5 aromatic rings. The summed E-state index contributed by atoms with van der Waals surface area (Å²) in [5, 5.41) is 7.99. The Labute approximate surface area is 141 Å². The Hall–Kier alpha value is -3.12. The van der Waals surface area contributed by atoms with E-state index in [1.807, 2.05) is 6.08 Å². The van der Waals surface area contributed by atoms with Crippen molar-refractivity contribution in [1.82, 2.24) is 0 Å². The van der Waals surface area contributed by atoms with Gasteiger partial charge < -0.3 is 0 Å². The van der Waals surface area contributed by atoms with E-state index in [4.69, 9.17) is 0 Å². The second-order valence-corrected chi connectivity index (χ2v) is 6.30. The van der Waals surface area contributed by atoms with E-state index in [9.17, 15) is 0 Å². The maximum atomic E-state index is 3.84. The first kappa shape index (κ1) is 13.3. The van der Waals surface area contributed by atoms with Gasteiger partial charge in [0.05, 0.1) is 0 Å². The highest BCUT2D eigenvalue weighted by molar-refractivity contribution is 6.25. The molecule has 0 aliphatic carbocycles. The van der Waals surface area contributed by atoms with Crippen LogP contribution in [-0.4, -0.2) is 0 Å². The summed E-state index contributed by atoms with van der Waals surface area (Å²) in [4.78, 5) is 0. The van der Waals surface area contributed by atoms with Crippen LogP contribution in [-0.2, 0) is 0 Å². The Morgan fingerprint density at radius 1 is 0.583 bits per heavy atom. The maximum Gasteiger partial charge on any atom is -0.00206 e. The molecule has 0 aliphatic rings. The van der Waals surface area contributed by atoms with Crippen molar-refractivity contribution in [3.63, 3.8) is 0 Å². The van der Waals surface area contributed by atoms with Crippen molar-refractivity contribution in [3.8, 4) is 11.1 Å². The van der Waals surface area contributed by atoms with Gasteiger partial charge in [-0.15, -0.1) is 0 Å².